The van der Waals surface area contributed by atoms with Crippen LogP contribution in [0.15, 0.2) is 24.4 Å². The second-order valence-corrected chi connectivity index (χ2v) is 7.08. The van der Waals surface area contributed by atoms with Gasteiger partial charge in [-0.3, -0.25) is 9.78 Å². The Morgan fingerprint density at radius 3 is 2.68 bits per heavy atom. The summed E-state index contributed by atoms with van der Waals surface area (Å²) in [6.07, 6.45) is 3.69. The van der Waals surface area contributed by atoms with Crippen LogP contribution in [0.3, 0.4) is 0 Å². The molecule has 2 aliphatic rings. The van der Waals surface area contributed by atoms with Gasteiger partial charge in [-0.15, -0.1) is 0 Å². The average molecular weight is 337 g/mol. The number of Topliss-reactive ketones (excluding diaryl/α,β-unsaturated/α-hetero) is 1. The monoisotopic (exact) mass is 337 g/mol. The highest BCUT2D eigenvalue weighted by atomic mass is 16.5. The summed E-state index contributed by atoms with van der Waals surface area (Å²) in [4.78, 5) is 19.0. The number of ether oxygens (including phenoxy) is 1. The van der Waals surface area contributed by atoms with E-state index in [9.17, 15) is 10.1 Å². The third-order valence-electron chi connectivity index (χ3n) is 5.29. The fourth-order valence-electron chi connectivity index (χ4n) is 3.46. The van der Waals surface area contributed by atoms with Gasteiger partial charge in [0.15, 0.2) is 5.78 Å². The predicted octanol–water partition coefficient (Wildman–Crippen LogP) is 2.98. The Morgan fingerprint density at radius 1 is 1.44 bits per heavy atom. The number of nitriles is 1. The van der Waals surface area contributed by atoms with Gasteiger partial charge in [-0.25, -0.2) is 0 Å². The van der Waals surface area contributed by atoms with E-state index in [4.69, 9.17) is 4.74 Å². The van der Waals surface area contributed by atoms with Gasteiger partial charge in [0.05, 0.1) is 17.0 Å². The molecule has 1 saturated heterocycles. The van der Waals surface area contributed by atoms with Crippen molar-refractivity contribution in [3.8, 4) is 6.07 Å². The topological polar surface area (TPSA) is 66.2 Å². The minimum Gasteiger partial charge on any atom is -0.378 e. The number of nitrogens with zero attached hydrogens (tertiary/aromatic N) is 3. The first-order valence-electron chi connectivity index (χ1n) is 8.51. The lowest BCUT2D eigenvalue weighted by atomic mass is 9.86. The Hall–Kier alpha value is -2.45. The molecule has 1 aromatic heterocycles. The summed E-state index contributed by atoms with van der Waals surface area (Å²) in [5.41, 5.74) is 4.33. The molecule has 1 fully saturated rings. The first-order chi connectivity index (χ1) is 11.9. The van der Waals surface area contributed by atoms with Crippen molar-refractivity contribution in [1.29, 1.82) is 5.26 Å². The zero-order valence-corrected chi connectivity index (χ0v) is 15.1. The van der Waals surface area contributed by atoms with Crippen LogP contribution in [0.25, 0.3) is 11.3 Å². The molecule has 0 spiro atoms. The average Bonchev–Trinajstić information content (AvgIpc) is 2.61. The van der Waals surface area contributed by atoms with Crippen molar-refractivity contribution in [2.45, 2.75) is 38.7 Å². The van der Waals surface area contributed by atoms with Gasteiger partial charge in [0.1, 0.15) is 11.6 Å². The Labute approximate surface area is 148 Å². The number of aromatic nitrogens is 1. The lowest BCUT2D eigenvalue weighted by Gasteiger charge is -2.41. The molecule has 5 nitrogen and oxygen atoms in total. The van der Waals surface area contributed by atoms with Crippen LogP contribution in [-0.4, -0.2) is 41.5 Å². The lowest BCUT2D eigenvalue weighted by Crippen LogP contribution is -2.43. The Morgan fingerprint density at radius 2 is 2.12 bits per heavy atom. The maximum Gasteiger partial charge on any atom is 0.179 e. The highest BCUT2D eigenvalue weighted by Gasteiger charge is 2.35. The first kappa shape index (κ1) is 17.4. The molecule has 0 radical (unpaired) electrons. The van der Waals surface area contributed by atoms with Gasteiger partial charge in [0.25, 0.3) is 0 Å². The number of allylic oxidation sites excluding steroid dienone is 2. The Bertz CT molecular complexity index is 809. The van der Waals surface area contributed by atoms with Crippen LogP contribution in [0.5, 0.6) is 0 Å². The van der Waals surface area contributed by atoms with Gasteiger partial charge in [-0.1, -0.05) is 6.58 Å². The van der Waals surface area contributed by atoms with Crippen LogP contribution in [-0.2, 0) is 16.0 Å². The molecule has 5 heteroatoms. The summed E-state index contributed by atoms with van der Waals surface area (Å²) in [7, 11) is 1.74. The number of pyridine rings is 1. The van der Waals surface area contributed by atoms with E-state index in [1.54, 1.807) is 13.3 Å². The molecule has 0 aromatic carbocycles. The Kier molecular flexibility index (Phi) is 4.49. The second-order valence-electron chi connectivity index (χ2n) is 7.08. The lowest BCUT2D eigenvalue weighted by molar-refractivity contribution is -0.114. The number of rotatable bonds is 3. The minimum absolute atomic E-state index is 0.130. The SMILES string of the molecule is C=C(C)c1cc2c(cn1)CC(=O)C(C#N)=C2N1CCC(C)(OC)CC1. The molecule has 25 heavy (non-hydrogen) atoms. The molecule has 0 bridgehead atoms. The van der Waals surface area contributed by atoms with E-state index >= 15 is 0 Å². The van der Waals surface area contributed by atoms with Gasteiger partial charge >= 0.3 is 0 Å². The molecule has 0 unspecified atom stereocenters. The van der Waals surface area contributed by atoms with Crippen molar-refractivity contribution in [1.82, 2.24) is 9.88 Å². The fourth-order valence-corrected chi connectivity index (χ4v) is 3.46. The fraction of sp³-hybridized carbons (Fsp3) is 0.450. The van der Waals surface area contributed by atoms with Crippen LogP contribution in [0.2, 0.25) is 0 Å². The third kappa shape index (κ3) is 3.10. The second kappa shape index (κ2) is 6.45. The maximum absolute atomic E-state index is 12.5. The molecule has 1 aliphatic heterocycles. The van der Waals surface area contributed by atoms with E-state index in [0.29, 0.717) is 0 Å². The number of fused-ring (bicyclic) bond motifs is 1. The number of carbonyl (C=O) groups excluding carboxylic acids is 1. The zero-order chi connectivity index (χ0) is 18.2. The van der Waals surface area contributed by atoms with E-state index < -0.39 is 0 Å². The molecule has 1 aromatic rings. The summed E-state index contributed by atoms with van der Waals surface area (Å²) in [6.45, 7) is 9.47. The quantitative estimate of drug-likeness (QED) is 0.848. The molecule has 0 atom stereocenters. The number of carbonyl (C=O) groups is 1. The van der Waals surface area contributed by atoms with Crippen molar-refractivity contribution in [2.75, 3.05) is 20.2 Å². The molecule has 1 aliphatic carbocycles. The van der Waals surface area contributed by atoms with Crippen LogP contribution < -0.4 is 0 Å². The standard InChI is InChI=1S/C20H23N3O2/c1-13(2)17-10-15-14(12-22-17)9-18(24)16(11-21)19(15)23-7-5-20(3,25-4)6-8-23/h10,12H,1,5-9H2,2-4H3. The zero-order valence-electron chi connectivity index (χ0n) is 15.1. The summed E-state index contributed by atoms with van der Waals surface area (Å²) in [5.74, 6) is -0.130. The largest absolute Gasteiger partial charge is 0.378 e. The highest BCUT2D eigenvalue weighted by molar-refractivity contribution is 6.10. The third-order valence-corrected chi connectivity index (χ3v) is 5.29. The molecular weight excluding hydrogens is 314 g/mol. The normalized spacial score (nSPS) is 19.4. The van der Waals surface area contributed by atoms with Gasteiger partial charge in [0.2, 0.25) is 0 Å². The number of methoxy groups -OCH3 is 1. The summed E-state index contributed by atoms with van der Waals surface area (Å²) >= 11 is 0. The van der Waals surface area contributed by atoms with Crippen LogP contribution in [0, 0.1) is 11.3 Å². The minimum atomic E-state index is -0.146. The molecule has 130 valence electrons. The van der Waals surface area contributed by atoms with Crippen LogP contribution in [0.1, 0.15) is 43.5 Å². The van der Waals surface area contributed by atoms with Crippen LogP contribution in [0.4, 0.5) is 0 Å². The van der Waals surface area contributed by atoms with Crippen molar-refractivity contribution >= 4 is 17.1 Å². The molecule has 0 saturated carbocycles. The van der Waals surface area contributed by atoms with E-state index in [1.165, 1.54) is 0 Å². The summed E-state index contributed by atoms with van der Waals surface area (Å²) in [6, 6.07) is 4.10. The predicted molar refractivity (Wildman–Crippen MR) is 96.4 cm³/mol. The van der Waals surface area contributed by atoms with Crippen molar-refractivity contribution in [3.05, 3.63) is 41.2 Å². The Balaban J connectivity index is 2.07. The maximum atomic E-state index is 12.5. The smallest absolute Gasteiger partial charge is 0.179 e. The highest BCUT2D eigenvalue weighted by Crippen LogP contribution is 2.36. The van der Waals surface area contributed by atoms with Gasteiger partial charge in [0, 0.05) is 38.4 Å². The summed E-state index contributed by atoms with van der Waals surface area (Å²) < 4.78 is 5.61. The number of hydrogen-bond acceptors (Lipinski definition) is 5. The van der Waals surface area contributed by atoms with E-state index in [1.807, 2.05) is 13.0 Å². The van der Waals surface area contributed by atoms with Crippen molar-refractivity contribution in [3.63, 3.8) is 0 Å². The number of ketones is 1. The molecule has 2 heterocycles. The van der Waals surface area contributed by atoms with E-state index in [0.717, 1.165) is 54.0 Å². The van der Waals surface area contributed by atoms with Crippen molar-refractivity contribution in [2.24, 2.45) is 0 Å². The molecule has 0 amide bonds. The molecule has 0 N–H and O–H groups in total. The molecule has 3 rings (SSSR count). The van der Waals surface area contributed by atoms with Gasteiger partial charge in [-0.2, -0.15) is 5.26 Å². The van der Waals surface area contributed by atoms with Gasteiger partial charge in [-0.05, 0) is 43.9 Å². The van der Waals surface area contributed by atoms with Gasteiger partial charge < -0.3 is 9.64 Å². The molecular formula is C20H23N3O2. The van der Waals surface area contributed by atoms with Crippen LogP contribution >= 0.6 is 0 Å². The first-order valence-corrected chi connectivity index (χ1v) is 8.51. The number of hydrogen-bond donors (Lipinski definition) is 0. The number of piperidine rings is 1. The number of likely N-dealkylation sites (tertiary alicyclic amines) is 1. The summed E-state index contributed by atoms with van der Waals surface area (Å²) in [5, 5.41) is 9.60. The van der Waals surface area contributed by atoms with E-state index in [-0.39, 0.29) is 23.4 Å². The van der Waals surface area contributed by atoms with Crippen molar-refractivity contribution < 1.29 is 9.53 Å². The van der Waals surface area contributed by atoms with E-state index in [2.05, 4.69) is 29.5 Å².